The molecule has 0 aromatic heterocycles. The molecule has 2 nitrogen and oxygen atoms in total. The Morgan fingerprint density at radius 2 is 1.95 bits per heavy atom. The molecule has 1 aromatic carbocycles. The van der Waals surface area contributed by atoms with Gasteiger partial charge in [-0.1, -0.05) is 51.1 Å². The first-order valence-electron chi connectivity index (χ1n) is 8.17. The van der Waals surface area contributed by atoms with Crippen LogP contribution in [0.15, 0.2) is 30.3 Å². The lowest BCUT2D eigenvalue weighted by Gasteiger charge is -2.38. The van der Waals surface area contributed by atoms with Crippen LogP contribution < -0.4 is 0 Å². The fourth-order valence-corrected chi connectivity index (χ4v) is 4.42. The van der Waals surface area contributed by atoms with Crippen molar-refractivity contribution in [1.82, 2.24) is 0 Å². The van der Waals surface area contributed by atoms with Crippen molar-refractivity contribution < 1.29 is 9.53 Å². The summed E-state index contributed by atoms with van der Waals surface area (Å²) >= 11 is 0. The van der Waals surface area contributed by atoms with E-state index in [2.05, 4.69) is 32.9 Å². The molecule has 2 saturated carbocycles. The van der Waals surface area contributed by atoms with Crippen LogP contribution in [0.4, 0.5) is 0 Å². The molecule has 0 amide bonds. The zero-order chi connectivity index (χ0) is 15.1. The van der Waals surface area contributed by atoms with Gasteiger partial charge >= 0.3 is 5.97 Å². The number of fused-ring (bicyclic) bond motifs is 2. The molecule has 2 fully saturated rings. The second kappa shape index (κ2) is 5.15. The molecule has 0 heterocycles. The molecule has 0 unspecified atom stereocenters. The van der Waals surface area contributed by atoms with Gasteiger partial charge < -0.3 is 4.74 Å². The summed E-state index contributed by atoms with van der Waals surface area (Å²) in [5.74, 6) is 0.683. The number of aryl methyl sites for hydroxylation is 1. The zero-order valence-corrected chi connectivity index (χ0v) is 13.4. The molecule has 0 radical (unpaired) electrons. The maximum Gasteiger partial charge on any atom is 0.306 e. The number of rotatable bonds is 4. The smallest absolute Gasteiger partial charge is 0.306 e. The van der Waals surface area contributed by atoms with E-state index in [1.807, 2.05) is 18.2 Å². The number of carbonyl (C=O) groups is 1. The predicted octanol–water partition coefficient (Wildman–Crippen LogP) is 4.38. The largest absolute Gasteiger partial charge is 0.462 e. The monoisotopic (exact) mass is 286 g/mol. The van der Waals surface area contributed by atoms with Crippen LogP contribution in [0.1, 0.15) is 52.0 Å². The molecule has 3 rings (SSSR count). The number of carbonyl (C=O) groups excluding carboxylic acids is 1. The van der Waals surface area contributed by atoms with Crippen molar-refractivity contribution >= 4 is 5.97 Å². The van der Waals surface area contributed by atoms with Crippen LogP contribution in [-0.2, 0) is 16.0 Å². The van der Waals surface area contributed by atoms with E-state index in [9.17, 15) is 4.79 Å². The molecule has 0 N–H and O–H groups in total. The summed E-state index contributed by atoms with van der Waals surface area (Å²) < 4.78 is 5.87. The quantitative estimate of drug-likeness (QED) is 0.768. The third kappa shape index (κ3) is 2.39. The van der Waals surface area contributed by atoms with Crippen LogP contribution >= 0.6 is 0 Å². The maximum absolute atomic E-state index is 12.2. The van der Waals surface area contributed by atoms with Crippen LogP contribution in [0.25, 0.3) is 0 Å². The van der Waals surface area contributed by atoms with E-state index in [-0.39, 0.29) is 17.5 Å². The number of hydrogen-bond donors (Lipinski definition) is 0. The number of hydrogen-bond acceptors (Lipinski definition) is 2. The van der Waals surface area contributed by atoms with Gasteiger partial charge in [-0.2, -0.15) is 0 Å². The lowest BCUT2D eigenvalue weighted by Crippen LogP contribution is -2.38. The Labute approximate surface area is 127 Å². The highest BCUT2D eigenvalue weighted by molar-refractivity contribution is 5.70. The molecule has 2 aliphatic carbocycles. The van der Waals surface area contributed by atoms with Crippen LogP contribution in [0.2, 0.25) is 0 Å². The molecule has 0 spiro atoms. The van der Waals surface area contributed by atoms with Crippen molar-refractivity contribution in [3.8, 4) is 0 Å². The Morgan fingerprint density at radius 3 is 2.52 bits per heavy atom. The highest BCUT2D eigenvalue weighted by Gasteiger charge is 2.62. The lowest BCUT2D eigenvalue weighted by atomic mass is 9.70. The number of ether oxygens (including phenoxy) is 1. The number of benzene rings is 1. The van der Waals surface area contributed by atoms with Gasteiger partial charge in [-0.25, -0.2) is 0 Å². The summed E-state index contributed by atoms with van der Waals surface area (Å²) in [5, 5.41) is 0. The summed E-state index contributed by atoms with van der Waals surface area (Å²) in [7, 11) is 0. The van der Waals surface area contributed by atoms with Gasteiger partial charge in [0.1, 0.15) is 6.10 Å². The Bertz CT molecular complexity index is 520. The summed E-state index contributed by atoms with van der Waals surface area (Å²) in [5.41, 5.74) is 1.67. The van der Waals surface area contributed by atoms with E-state index in [4.69, 9.17) is 4.74 Å². The average molecular weight is 286 g/mol. The molecule has 1 aromatic rings. The molecule has 3 atom stereocenters. The van der Waals surface area contributed by atoms with Gasteiger partial charge in [0.05, 0.1) is 0 Å². The van der Waals surface area contributed by atoms with Gasteiger partial charge in [0, 0.05) is 11.8 Å². The molecule has 114 valence electrons. The molecule has 21 heavy (non-hydrogen) atoms. The lowest BCUT2D eigenvalue weighted by molar-refractivity contribution is -0.156. The normalized spacial score (nSPS) is 33.1. The minimum absolute atomic E-state index is 0.0339. The van der Waals surface area contributed by atoms with Crippen molar-refractivity contribution in [2.45, 2.75) is 59.0 Å². The van der Waals surface area contributed by atoms with E-state index in [0.29, 0.717) is 11.8 Å². The predicted molar refractivity (Wildman–Crippen MR) is 83.9 cm³/mol. The van der Waals surface area contributed by atoms with Crippen molar-refractivity contribution in [2.24, 2.45) is 16.7 Å². The minimum Gasteiger partial charge on any atom is -0.462 e. The fraction of sp³-hybridized carbons (Fsp3) is 0.632. The van der Waals surface area contributed by atoms with Gasteiger partial charge in [0.15, 0.2) is 0 Å². The summed E-state index contributed by atoms with van der Waals surface area (Å²) in [6.45, 7) is 7.01. The zero-order valence-electron chi connectivity index (χ0n) is 13.4. The van der Waals surface area contributed by atoms with Crippen LogP contribution in [0.3, 0.4) is 0 Å². The molecule has 2 heteroatoms. The van der Waals surface area contributed by atoms with Gasteiger partial charge in [0.2, 0.25) is 0 Å². The second-order valence-electron chi connectivity index (χ2n) is 7.57. The van der Waals surface area contributed by atoms with Crippen molar-refractivity contribution in [3.63, 3.8) is 0 Å². The van der Waals surface area contributed by atoms with Gasteiger partial charge in [0.25, 0.3) is 0 Å². The highest BCUT2D eigenvalue weighted by Crippen LogP contribution is 2.66. The van der Waals surface area contributed by atoms with Crippen molar-refractivity contribution in [3.05, 3.63) is 35.9 Å². The van der Waals surface area contributed by atoms with Crippen molar-refractivity contribution in [2.75, 3.05) is 0 Å². The molecule has 0 saturated heterocycles. The summed E-state index contributed by atoms with van der Waals surface area (Å²) in [6, 6.07) is 10.2. The Balaban J connectivity index is 1.57. The summed E-state index contributed by atoms with van der Waals surface area (Å²) in [6.07, 6.45) is 4.93. The third-order valence-electron chi connectivity index (χ3n) is 6.45. The standard InChI is InChI=1S/C19H26O2/c1-18(2)15-11-12-19(18,3)16(13-15)21-17(20)10-9-14-7-5-4-6-8-14/h4-8,15-16H,9-13H2,1-3H3/t15-,16-,19-/m1/s1. The summed E-state index contributed by atoms with van der Waals surface area (Å²) in [4.78, 5) is 12.2. The maximum atomic E-state index is 12.2. The topological polar surface area (TPSA) is 26.3 Å². The van der Waals surface area contributed by atoms with E-state index in [0.717, 1.165) is 18.8 Å². The Kier molecular flexibility index (Phi) is 3.59. The van der Waals surface area contributed by atoms with Crippen LogP contribution in [-0.4, -0.2) is 12.1 Å². The molecule has 0 aliphatic heterocycles. The van der Waals surface area contributed by atoms with Gasteiger partial charge in [-0.3, -0.25) is 4.79 Å². The second-order valence-corrected chi connectivity index (χ2v) is 7.57. The fourth-order valence-electron chi connectivity index (χ4n) is 4.42. The molecular weight excluding hydrogens is 260 g/mol. The minimum atomic E-state index is -0.0339. The molecule has 2 aliphatic rings. The Hall–Kier alpha value is -1.31. The first-order valence-corrected chi connectivity index (χ1v) is 8.17. The van der Waals surface area contributed by atoms with E-state index in [1.54, 1.807) is 0 Å². The number of esters is 1. The van der Waals surface area contributed by atoms with Crippen LogP contribution in [0.5, 0.6) is 0 Å². The molecule has 2 bridgehead atoms. The highest BCUT2D eigenvalue weighted by atomic mass is 16.5. The van der Waals surface area contributed by atoms with E-state index in [1.165, 1.54) is 18.4 Å². The first kappa shape index (κ1) is 14.6. The van der Waals surface area contributed by atoms with Gasteiger partial charge in [-0.05, 0) is 42.6 Å². The third-order valence-corrected chi connectivity index (χ3v) is 6.45. The SMILES string of the molecule is CC1(C)[C@@H]2CC[C@]1(C)[C@H](OC(=O)CCc1ccccc1)C2. The van der Waals surface area contributed by atoms with E-state index >= 15 is 0 Å². The van der Waals surface area contributed by atoms with E-state index < -0.39 is 0 Å². The Morgan fingerprint density at radius 1 is 1.24 bits per heavy atom. The van der Waals surface area contributed by atoms with Crippen molar-refractivity contribution in [1.29, 1.82) is 0 Å². The average Bonchev–Trinajstić information content (AvgIpc) is 2.79. The molecular formula is C19H26O2. The first-order chi connectivity index (χ1) is 9.93. The van der Waals surface area contributed by atoms with Crippen LogP contribution in [0, 0.1) is 16.7 Å². The van der Waals surface area contributed by atoms with Gasteiger partial charge in [-0.15, -0.1) is 0 Å².